The van der Waals surface area contributed by atoms with E-state index in [9.17, 15) is 9.59 Å². The molecular weight excluding hydrogens is 196 g/mol. The van der Waals surface area contributed by atoms with Gasteiger partial charge in [0, 0.05) is 20.0 Å². The second-order valence-corrected chi connectivity index (χ2v) is 3.28. The van der Waals surface area contributed by atoms with Crippen molar-refractivity contribution >= 4 is 11.9 Å². The molecule has 0 aromatic heterocycles. The Hall–Kier alpha value is -1.10. The topological polar surface area (TPSA) is 58.6 Å². The Labute approximate surface area is 90.8 Å². The van der Waals surface area contributed by atoms with Gasteiger partial charge < -0.3 is 15.0 Å². The summed E-state index contributed by atoms with van der Waals surface area (Å²) in [7, 11) is 3.10. The SMILES string of the molecule is CCNCC(=O)N(C)CCCC(=O)OC. The van der Waals surface area contributed by atoms with Gasteiger partial charge in [-0.2, -0.15) is 0 Å². The first-order valence-electron chi connectivity index (χ1n) is 5.13. The molecule has 0 aromatic rings. The average Bonchev–Trinajstić information content (AvgIpc) is 2.25. The second kappa shape index (κ2) is 8.23. The fourth-order valence-electron chi connectivity index (χ4n) is 1.05. The minimum Gasteiger partial charge on any atom is -0.469 e. The van der Waals surface area contributed by atoms with Gasteiger partial charge in [-0.3, -0.25) is 9.59 Å². The molecule has 15 heavy (non-hydrogen) atoms. The van der Waals surface area contributed by atoms with Crippen LogP contribution in [-0.4, -0.2) is 50.6 Å². The number of ether oxygens (including phenoxy) is 1. The molecule has 1 N–H and O–H groups in total. The van der Waals surface area contributed by atoms with Crippen molar-refractivity contribution in [3.05, 3.63) is 0 Å². The van der Waals surface area contributed by atoms with Gasteiger partial charge in [0.2, 0.25) is 5.91 Å². The lowest BCUT2D eigenvalue weighted by Crippen LogP contribution is -2.36. The van der Waals surface area contributed by atoms with E-state index in [1.54, 1.807) is 11.9 Å². The van der Waals surface area contributed by atoms with Crippen LogP contribution in [0.15, 0.2) is 0 Å². The van der Waals surface area contributed by atoms with Crippen LogP contribution in [0.5, 0.6) is 0 Å². The largest absolute Gasteiger partial charge is 0.469 e. The number of hydrogen-bond donors (Lipinski definition) is 1. The highest BCUT2D eigenvalue weighted by molar-refractivity contribution is 5.78. The summed E-state index contributed by atoms with van der Waals surface area (Å²) >= 11 is 0. The molecule has 0 radical (unpaired) electrons. The third-order valence-corrected chi connectivity index (χ3v) is 2.05. The maximum atomic E-state index is 11.4. The van der Waals surface area contributed by atoms with Crippen molar-refractivity contribution in [3.63, 3.8) is 0 Å². The van der Waals surface area contributed by atoms with Crippen molar-refractivity contribution in [2.24, 2.45) is 0 Å². The fraction of sp³-hybridized carbons (Fsp3) is 0.800. The van der Waals surface area contributed by atoms with Crippen LogP contribution in [0.3, 0.4) is 0 Å². The molecule has 0 atom stereocenters. The molecule has 0 aliphatic heterocycles. The third kappa shape index (κ3) is 6.90. The predicted molar refractivity (Wildman–Crippen MR) is 57.4 cm³/mol. The van der Waals surface area contributed by atoms with Crippen LogP contribution < -0.4 is 5.32 Å². The molecule has 0 rings (SSSR count). The van der Waals surface area contributed by atoms with E-state index in [4.69, 9.17) is 0 Å². The number of esters is 1. The monoisotopic (exact) mass is 216 g/mol. The van der Waals surface area contributed by atoms with Crippen molar-refractivity contribution < 1.29 is 14.3 Å². The van der Waals surface area contributed by atoms with E-state index in [0.29, 0.717) is 25.9 Å². The van der Waals surface area contributed by atoms with Gasteiger partial charge in [-0.15, -0.1) is 0 Å². The number of amides is 1. The first-order valence-corrected chi connectivity index (χ1v) is 5.13. The summed E-state index contributed by atoms with van der Waals surface area (Å²) < 4.78 is 4.50. The van der Waals surface area contributed by atoms with Gasteiger partial charge in [-0.05, 0) is 13.0 Å². The van der Waals surface area contributed by atoms with Crippen molar-refractivity contribution in [2.75, 3.05) is 33.8 Å². The normalized spacial score (nSPS) is 9.80. The number of nitrogens with zero attached hydrogens (tertiary/aromatic N) is 1. The van der Waals surface area contributed by atoms with Crippen molar-refractivity contribution in [2.45, 2.75) is 19.8 Å². The van der Waals surface area contributed by atoms with E-state index < -0.39 is 0 Å². The molecule has 0 fully saturated rings. The maximum absolute atomic E-state index is 11.4. The predicted octanol–water partition coefficient (Wildman–Crippen LogP) is 0.00750. The zero-order valence-electron chi connectivity index (χ0n) is 9.71. The Bertz CT molecular complexity index is 207. The van der Waals surface area contributed by atoms with Gasteiger partial charge in [0.05, 0.1) is 13.7 Å². The summed E-state index contributed by atoms with van der Waals surface area (Å²) in [5.74, 6) is -0.191. The molecule has 88 valence electrons. The quantitative estimate of drug-likeness (QED) is 0.609. The van der Waals surface area contributed by atoms with Crippen LogP contribution in [0.2, 0.25) is 0 Å². The van der Waals surface area contributed by atoms with E-state index in [1.165, 1.54) is 7.11 Å². The minimum atomic E-state index is -0.234. The standard InChI is InChI=1S/C10H20N2O3/c1-4-11-8-9(13)12(2)7-5-6-10(14)15-3/h11H,4-8H2,1-3H3. The molecule has 0 aromatic carbocycles. The summed E-state index contributed by atoms with van der Waals surface area (Å²) in [6.45, 7) is 3.66. The Morgan fingerprint density at radius 3 is 2.60 bits per heavy atom. The number of rotatable bonds is 7. The molecule has 0 aliphatic carbocycles. The number of nitrogens with one attached hydrogen (secondary N) is 1. The highest BCUT2D eigenvalue weighted by Gasteiger charge is 2.08. The van der Waals surface area contributed by atoms with Crippen LogP contribution in [0.4, 0.5) is 0 Å². The summed E-state index contributed by atoms with van der Waals surface area (Å²) in [4.78, 5) is 23.8. The van der Waals surface area contributed by atoms with E-state index >= 15 is 0 Å². The first-order chi connectivity index (χ1) is 7.11. The van der Waals surface area contributed by atoms with Gasteiger partial charge in [0.15, 0.2) is 0 Å². The van der Waals surface area contributed by atoms with E-state index in [2.05, 4.69) is 10.1 Å². The maximum Gasteiger partial charge on any atom is 0.305 e. The zero-order valence-corrected chi connectivity index (χ0v) is 9.71. The number of carbonyl (C=O) groups excluding carboxylic acids is 2. The van der Waals surface area contributed by atoms with Crippen LogP contribution in [0.25, 0.3) is 0 Å². The Morgan fingerprint density at radius 1 is 1.40 bits per heavy atom. The van der Waals surface area contributed by atoms with Gasteiger partial charge >= 0.3 is 5.97 Å². The summed E-state index contributed by atoms with van der Waals surface area (Å²) in [6.07, 6.45) is 0.996. The lowest BCUT2D eigenvalue weighted by molar-refractivity contribution is -0.141. The molecule has 1 amide bonds. The molecule has 0 unspecified atom stereocenters. The smallest absolute Gasteiger partial charge is 0.305 e. The third-order valence-electron chi connectivity index (χ3n) is 2.05. The first kappa shape index (κ1) is 13.9. The van der Waals surface area contributed by atoms with Crippen LogP contribution in [-0.2, 0) is 14.3 Å². The molecule has 0 spiro atoms. The summed E-state index contributed by atoms with van der Waals surface area (Å²) in [5, 5.41) is 2.96. The highest BCUT2D eigenvalue weighted by Crippen LogP contribution is 1.95. The number of hydrogen-bond acceptors (Lipinski definition) is 4. The number of methoxy groups -OCH3 is 1. The Morgan fingerprint density at radius 2 is 2.07 bits per heavy atom. The fourth-order valence-corrected chi connectivity index (χ4v) is 1.05. The molecular formula is C10H20N2O3. The molecule has 0 heterocycles. The molecule has 5 heteroatoms. The summed E-state index contributed by atoms with van der Waals surface area (Å²) in [6, 6.07) is 0. The van der Waals surface area contributed by atoms with Gasteiger partial charge in [0.1, 0.15) is 0 Å². The number of carbonyl (C=O) groups is 2. The molecule has 0 saturated heterocycles. The highest BCUT2D eigenvalue weighted by atomic mass is 16.5. The van der Waals surface area contributed by atoms with E-state index in [1.807, 2.05) is 6.92 Å². The lowest BCUT2D eigenvalue weighted by Gasteiger charge is -2.16. The second-order valence-electron chi connectivity index (χ2n) is 3.28. The Kier molecular flexibility index (Phi) is 7.62. The van der Waals surface area contributed by atoms with Crippen molar-refractivity contribution in [1.82, 2.24) is 10.2 Å². The van der Waals surface area contributed by atoms with Crippen LogP contribution in [0.1, 0.15) is 19.8 Å². The molecule has 0 aliphatic rings. The minimum absolute atomic E-state index is 0.0433. The van der Waals surface area contributed by atoms with E-state index in [-0.39, 0.29) is 11.9 Å². The molecule has 5 nitrogen and oxygen atoms in total. The van der Waals surface area contributed by atoms with Crippen LogP contribution in [0, 0.1) is 0 Å². The Balaban J connectivity index is 3.59. The summed E-state index contributed by atoms with van der Waals surface area (Å²) in [5.41, 5.74) is 0. The van der Waals surface area contributed by atoms with Crippen molar-refractivity contribution in [1.29, 1.82) is 0 Å². The number of likely N-dealkylation sites (N-methyl/N-ethyl adjacent to an activating group) is 2. The van der Waals surface area contributed by atoms with Gasteiger partial charge in [-0.1, -0.05) is 6.92 Å². The molecule has 0 bridgehead atoms. The van der Waals surface area contributed by atoms with Crippen molar-refractivity contribution in [3.8, 4) is 0 Å². The molecule has 0 saturated carbocycles. The van der Waals surface area contributed by atoms with Gasteiger partial charge in [0.25, 0.3) is 0 Å². The van der Waals surface area contributed by atoms with Gasteiger partial charge in [-0.25, -0.2) is 0 Å². The zero-order chi connectivity index (χ0) is 11.7. The average molecular weight is 216 g/mol. The van der Waals surface area contributed by atoms with Crippen LogP contribution >= 0.6 is 0 Å². The van der Waals surface area contributed by atoms with E-state index in [0.717, 1.165) is 6.54 Å². The lowest BCUT2D eigenvalue weighted by atomic mass is 10.3.